The average molecular weight is 290 g/mol. The molecule has 1 spiro atoms. The number of ether oxygens (including phenoxy) is 1. The van der Waals surface area contributed by atoms with Crippen molar-refractivity contribution in [2.24, 2.45) is 0 Å². The van der Waals surface area contributed by atoms with Gasteiger partial charge >= 0.3 is 0 Å². The third kappa shape index (κ3) is 2.89. The van der Waals surface area contributed by atoms with Gasteiger partial charge < -0.3 is 9.15 Å². The van der Waals surface area contributed by atoms with E-state index < -0.39 is 0 Å². The molecule has 4 heteroatoms. The van der Waals surface area contributed by atoms with Gasteiger partial charge in [0.15, 0.2) is 0 Å². The van der Waals surface area contributed by atoms with Gasteiger partial charge in [-0.25, -0.2) is 0 Å². The van der Waals surface area contributed by atoms with Crippen molar-refractivity contribution in [2.75, 3.05) is 32.8 Å². The standard InChI is InChI=1S/C17H26N2O2/c1-2-8-19(7-1)15-12-17(21-14-15)5-9-18(10-6-17)13-16-4-3-11-20-16/h3-4,11,15H,1-2,5-10,12-14H2/t15-/m0/s1. The van der Waals surface area contributed by atoms with Gasteiger partial charge in [-0.1, -0.05) is 0 Å². The molecule has 1 aromatic rings. The quantitative estimate of drug-likeness (QED) is 0.855. The largest absolute Gasteiger partial charge is 0.468 e. The number of likely N-dealkylation sites (tertiary alicyclic amines) is 2. The van der Waals surface area contributed by atoms with Gasteiger partial charge in [-0.15, -0.1) is 0 Å². The highest BCUT2D eigenvalue weighted by Gasteiger charge is 2.44. The Balaban J connectivity index is 1.30. The Morgan fingerprint density at radius 3 is 2.67 bits per heavy atom. The number of hydrogen-bond acceptors (Lipinski definition) is 4. The first-order chi connectivity index (χ1) is 10.3. The summed E-state index contributed by atoms with van der Waals surface area (Å²) in [6.45, 7) is 6.74. The summed E-state index contributed by atoms with van der Waals surface area (Å²) in [5.41, 5.74) is 0.174. The molecule has 0 N–H and O–H groups in total. The minimum absolute atomic E-state index is 0.174. The normalized spacial score (nSPS) is 30.4. The van der Waals surface area contributed by atoms with Crippen molar-refractivity contribution in [3.63, 3.8) is 0 Å². The third-order valence-corrected chi connectivity index (χ3v) is 5.57. The Bertz CT molecular complexity index is 445. The van der Waals surface area contributed by atoms with Crippen LogP contribution in [-0.4, -0.2) is 54.2 Å². The number of hydrogen-bond donors (Lipinski definition) is 0. The zero-order valence-electron chi connectivity index (χ0n) is 12.8. The van der Waals surface area contributed by atoms with Gasteiger partial charge in [0, 0.05) is 19.1 Å². The molecule has 3 fully saturated rings. The predicted octanol–water partition coefficient (Wildman–Crippen LogP) is 2.50. The lowest BCUT2D eigenvalue weighted by Crippen LogP contribution is -2.44. The second-order valence-electron chi connectivity index (χ2n) is 6.95. The minimum atomic E-state index is 0.174. The van der Waals surface area contributed by atoms with E-state index in [-0.39, 0.29) is 5.60 Å². The summed E-state index contributed by atoms with van der Waals surface area (Å²) in [6.07, 6.45) is 8.13. The van der Waals surface area contributed by atoms with Crippen LogP contribution in [0.15, 0.2) is 22.8 Å². The van der Waals surface area contributed by atoms with Crippen molar-refractivity contribution in [3.05, 3.63) is 24.2 Å². The van der Waals surface area contributed by atoms with Gasteiger partial charge in [0.1, 0.15) is 5.76 Å². The minimum Gasteiger partial charge on any atom is -0.468 e. The lowest BCUT2D eigenvalue weighted by molar-refractivity contribution is -0.0461. The Morgan fingerprint density at radius 2 is 1.95 bits per heavy atom. The maximum atomic E-state index is 6.30. The van der Waals surface area contributed by atoms with E-state index in [9.17, 15) is 0 Å². The van der Waals surface area contributed by atoms with Crippen LogP contribution in [0.25, 0.3) is 0 Å². The highest BCUT2D eigenvalue weighted by molar-refractivity contribution is 5.01. The first-order valence-corrected chi connectivity index (χ1v) is 8.46. The fourth-order valence-corrected chi connectivity index (χ4v) is 4.25. The summed E-state index contributed by atoms with van der Waals surface area (Å²) in [5, 5.41) is 0. The first kappa shape index (κ1) is 13.8. The number of nitrogens with zero attached hydrogens (tertiary/aromatic N) is 2. The van der Waals surface area contributed by atoms with E-state index in [2.05, 4.69) is 15.9 Å². The fourth-order valence-electron chi connectivity index (χ4n) is 4.25. The molecule has 4 rings (SSSR count). The van der Waals surface area contributed by atoms with Gasteiger partial charge in [-0.3, -0.25) is 9.80 Å². The average Bonchev–Trinajstić information content (AvgIpc) is 3.23. The van der Waals surface area contributed by atoms with Crippen LogP contribution < -0.4 is 0 Å². The van der Waals surface area contributed by atoms with E-state index in [0.29, 0.717) is 6.04 Å². The number of rotatable bonds is 3. The van der Waals surface area contributed by atoms with Crippen molar-refractivity contribution in [3.8, 4) is 0 Å². The van der Waals surface area contributed by atoms with Crippen LogP contribution in [0, 0.1) is 0 Å². The molecule has 0 bridgehead atoms. The molecule has 1 atom stereocenters. The van der Waals surface area contributed by atoms with E-state index in [4.69, 9.17) is 9.15 Å². The van der Waals surface area contributed by atoms with E-state index in [1.165, 1.54) is 45.2 Å². The Kier molecular flexibility index (Phi) is 3.78. The van der Waals surface area contributed by atoms with Crippen molar-refractivity contribution in [1.29, 1.82) is 0 Å². The molecule has 0 saturated carbocycles. The molecular weight excluding hydrogens is 264 g/mol. The van der Waals surface area contributed by atoms with Crippen LogP contribution in [-0.2, 0) is 11.3 Å². The molecule has 0 aliphatic carbocycles. The van der Waals surface area contributed by atoms with Crippen LogP contribution in [0.2, 0.25) is 0 Å². The van der Waals surface area contributed by atoms with E-state index in [0.717, 1.165) is 32.0 Å². The summed E-state index contributed by atoms with van der Waals surface area (Å²) in [7, 11) is 0. The summed E-state index contributed by atoms with van der Waals surface area (Å²) < 4.78 is 11.8. The Hall–Kier alpha value is -0.840. The second kappa shape index (κ2) is 5.75. The number of piperidine rings is 1. The molecule has 0 radical (unpaired) electrons. The van der Waals surface area contributed by atoms with Crippen molar-refractivity contribution in [1.82, 2.24) is 9.80 Å². The molecule has 0 unspecified atom stereocenters. The molecule has 4 nitrogen and oxygen atoms in total. The SMILES string of the molecule is c1coc(CN2CCC3(CC2)C[C@H](N2CCCC2)CO3)c1. The van der Waals surface area contributed by atoms with Gasteiger partial charge in [0.25, 0.3) is 0 Å². The van der Waals surface area contributed by atoms with Crippen LogP contribution in [0.4, 0.5) is 0 Å². The second-order valence-corrected chi connectivity index (χ2v) is 6.95. The van der Waals surface area contributed by atoms with Crippen molar-refractivity contribution in [2.45, 2.75) is 50.3 Å². The predicted molar refractivity (Wildman–Crippen MR) is 81.1 cm³/mol. The molecule has 116 valence electrons. The topological polar surface area (TPSA) is 28.9 Å². The monoisotopic (exact) mass is 290 g/mol. The summed E-state index contributed by atoms with van der Waals surface area (Å²) in [5.74, 6) is 1.08. The number of furan rings is 1. The van der Waals surface area contributed by atoms with Crippen molar-refractivity contribution >= 4 is 0 Å². The molecule has 1 aromatic heterocycles. The molecule has 0 aromatic carbocycles. The molecule has 21 heavy (non-hydrogen) atoms. The van der Waals surface area contributed by atoms with E-state index >= 15 is 0 Å². The molecule has 3 aliphatic rings. The van der Waals surface area contributed by atoms with Gasteiger partial charge in [0.05, 0.1) is 25.0 Å². The molecule has 3 aliphatic heterocycles. The lowest BCUT2D eigenvalue weighted by Gasteiger charge is -2.38. The van der Waals surface area contributed by atoms with Gasteiger partial charge in [0.2, 0.25) is 0 Å². The summed E-state index contributed by atoms with van der Waals surface area (Å²) in [4.78, 5) is 5.15. The van der Waals surface area contributed by atoms with E-state index in [1.54, 1.807) is 6.26 Å². The lowest BCUT2D eigenvalue weighted by atomic mass is 9.87. The maximum absolute atomic E-state index is 6.30. The van der Waals surface area contributed by atoms with Gasteiger partial charge in [-0.05, 0) is 57.3 Å². The molecular formula is C17H26N2O2. The zero-order chi connectivity index (χ0) is 14.1. The molecule has 3 saturated heterocycles. The molecule has 4 heterocycles. The first-order valence-electron chi connectivity index (χ1n) is 8.46. The Morgan fingerprint density at radius 1 is 1.14 bits per heavy atom. The van der Waals surface area contributed by atoms with Gasteiger partial charge in [-0.2, -0.15) is 0 Å². The summed E-state index contributed by atoms with van der Waals surface area (Å²) in [6, 6.07) is 4.73. The van der Waals surface area contributed by atoms with Crippen LogP contribution in [0.3, 0.4) is 0 Å². The Labute approximate surface area is 127 Å². The highest BCUT2D eigenvalue weighted by Crippen LogP contribution is 2.38. The fraction of sp³-hybridized carbons (Fsp3) is 0.765. The smallest absolute Gasteiger partial charge is 0.117 e. The highest BCUT2D eigenvalue weighted by atomic mass is 16.5. The van der Waals surface area contributed by atoms with Crippen LogP contribution in [0.1, 0.15) is 37.9 Å². The summed E-state index contributed by atoms with van der Waals surface area (Å²) >= 11 is 0. The maximum Gasteiger partial charge on any atom is 0.117 e. The van der Waals surface area contributed by atoms with Crippen LogP contribution in [0.5, 0.6) is 0 Å². The van der Waals surface area contributed by atoms with E-state index in [1.807, 2.05) is 6.07 Å². The molecule has 0 amide bonds. The zero-order valence-corrected chi connectivity index (χ0v) is 12.8. The van der Waals surface area contributed by atoms with Crippen LogP contribution >= 0.6 is 0 Å². The van der Waals surface area contributed by atoms with Crippen molar-refractivity contribution < 1.29 is 9.15 Å². The third-order valence-electron chi connectivity index (χ3n) is 5.57.